The number of hydrogen-bond donors (Lipinski definition) is 1. The second kappa shape index (κ2) is 5.45. The number of hydrogen-bond acceptors (Lipinski definition) is 3. The van der Waals surface area contributed by atoms with E-state index in [1.807, 2.05) is 6.92 Å². The highest BCUT2D eigenvalue weighted by Crippen LogP contribution is 2.27. The molecule has 0 aliphatic carbocycles. The minimum Gasteiger partial charge on any atom is -0.480 e. The van der Waals surface area contributed by atoms with Gasteiger partial charge >= 0.3 is 5.97 Å². The van der Waals surface area contributed by atoms with Gasteiger partial charge in [0.2, 0.25) is 0 Å². The zero-order chi connectivity index (χ0) is 14.0. The fourth-order valence-electron chi connectivity index (χ4n) is 2.23. The monoisotopic (exact) mass is 287 g/mol. The second-order valence-corrected chi connectivity index (χ2v) is 5.43. The van der Waals surface area contributed by atoms with Crippen LogP contribution in [0.15, 0.2) is 18.2 Å². The zero-order valence-corrected chi connectivity index (χ0v) is 11.3. The molecule has 4 nitrogen and oxygen atoms in total. The first kappa shape index (κ1) is 14.2. The van der Waals surface area contributed by atoms with Crippen molar-refractivity contribution in [3.05, 3.63) is 34.6 Å². The van der Waals surface area contributed by atoms with Crippen molar-refractivity contribution in [2.24, 2.45) is 0 Å². The number of carbonyl (C=O) groups is 1. The fourth-order valence-corrected chi connectivity index (χ4v) is 2.35. The van der Waals surface area contributed by atoms with Crippen molar-refractivity contribution in [2.75, 3.05) is 19.7 Å². The molecule has 0 unspecified atom stereocenters. The molecule has 1 aromatic carbocycles. The lowest BCUT2D eigenvalue weighted by Crippen LogP contribution is -2.61. The largest absolute Gasteiger partial charge is 0.480 e. The van der Waals surface area contributed by atoms with E-state index in [1.165, 1.54) is 12.1 Å². The number of carboxylic acid groups (broad SMARTS) is 1. The Bertz CT molecular complexity index is 489. The third-order valence-electron chi connectivity index (χ3n) is 3.05. The first-order valence-electron chi connectivity index (χ1n) is 5.90. The molecular weight excluding hydrogens is 273 g/mol. The SMILES string of the molecule is CC1(OCC(=O)O)CN(Cc2ccc(Cl)c(F)c2)C1. The van der Waals surface area contributed by atoms with Crippen LogP contribution in [0.2, 0.25) is 5.02 Å². The van der Waals surface area contributed by atoms with Crippen molar-refractivity contribution in [1.29, 1.82) is 0 Å². The number of rotatable bonds is 5. The highest BCUT2D eigenvalue weighted by atomic mass is 35.5. The number of halogens is 2. The van der Waals surface area contributed by atoms with E-state index >= 15 is 0 Å². The molecule has 104 valence electrons. The summed E-state index contributed by atoms with van der Waals surface area (Å²) in [6, 6.07) is 4.72. The van der Waals surface area contributed by atoms with Gasteiger partial charge in [-0.15, -0.1) is 0 Å². The number of benzene rings is 1. The summed E-state index contributed by atoms with van der Waals surface area (Å²) in [5.74, 6) is -1.40. The van der Waals surface area contributed by atoms with Gasteiger partial charge in [0.25, 0.3) is 0 Å². The van der Waals surface area contributed by atoms with Gasteiger partial charge in [-0.25, -0.2) is 9.18 Å². The fraction of sp³-hybridized carbons (Fsp3) is 0.462. The molecule has 1 fully saturated rings. The first-order valence-corrected chi connectivity index (χ1v) is 6.28. The van der Waals surface area contributed by atoms with Crippen LogP contribution < -0.4 is 0 Å². The van der Waals surface area contributed by atoms with Gasteiger partial charge in [0.05, 0.1) is 10.6 Å². The van der Waals surface area contributed by atoms with Crippen LogP contribution >= 0.6 is 11.6 Å². The van der Waals surface area contributed by atoms with Gasteiger partial charge in [-0.3, -0.25) is 4.90 Å². The molecule has 6 heteroatoms. The van der Waals surface area contributed by atoms with Gasteiger partial charge in [-0.2, -0.15) is 0 Å². The Morgan fingerprint density at radius 1 is 1.58 bits per heavy atom. The summed E-state index contributed by atoms with van der Waals surface area (Å²) in [6.07, 6.45) is 0. The predicted octanol–water partition coefficient (Wildman–Crippen LogP) is 2.15. The number of carboxylic acids is 1. The van der Waals surface area contributed by atoms with Gasteiger partial charge in [0.1, 0.15) is 12.4 Å². The molecule has 0 radical (unpaired) electrons. The molecule has 19 heavy (non-hydrogen) atoms. The van der Waals surface area contributed by atoms with E-state index in [4.69, 9.17) is 21.4 Å². The van der Waals surface area contributed by atoms with Gasteiger partial charge in [0.15, 0.2) is 0 Å². The summed E-state index contributed by atoms with van der Waals surface area (Å²) in [6.45, 7) is 3.43. The van der Waals surface area contributed by atoms with E-state index in [2.05, 4.69) is 4.90 Å². The maximum absolute atomic E-state index is 13.3. The van der Waals surface area contributed by atoms with Crippen molar-refractivity contribution < 1.29 is 19.0 Å². The van der Waals surface area contributed by atoms with Crippen LogP contribution in [0.1, 0.15) is 12.5 Å². The predicted molar refractivity (Wildman–Crippen MR) is 68.7 cm³/mol. The molecule has 1 aromatic rings. The van der Waals surface area contributed by atoms with Crippen LogP contribution in [-0.4, -0.2) is 41.3 Å². The molecular formula is C13H15ClFNO3. The topological polar surface area (TPSA) is 49.8 Å². The summed E-state index contributed by atoms with van der Waals surface area (Å²) in [4.78, 5) is 12.5. The van der Waals surface area contributed by atoms with Gasteiger partial charge in [0, 0.05) is 19.6 Å². The maximum atomic E-state index is 13.3. The van der Waals surface area contributed by atoms with Crippen LogP contribution in [0.4, 0.5) is 4.39 Å². The lowest BCUT2D eigenvalue weighted by atomic mass is 9.95. The third-order valence-corrected chi connectivity index (χ3v) is 3.36. The van der Waals surface area contributed by atoms with Crippen molar-refractivity contribution in [3.63, 3.8) is 0 Å². The van der Waals surface area contributed by atoms with Crippen molar-refractivity contribution in [3.8, 4) is 0 Å². The molecule has 0 atom stereocenters. The lowest BCUT2D eigenvalue weighted by molar-refractivity contribution is -0.165. The minimum absolute atomic E-state index is 0.113. The maximum Gasteiger partial charge on any atom is 0.329 e. The zero-order valence-electron chi connectivity index (χ0n) is 10.5. The van der Waals surface area contributed by atoms with Crippen molar-refractivity contribution >= 4 is 17.6 Å². The summed E-state index contributed by atoms with van der Waals surface area (Å²) < 4.78 is 18.6. The average Bonchev–Trinajstić information content (AvgIpc) is 2.29. The quantitative estimate of drug-likeness (QED) is 0.901. The Hall–Kier alpha value is -1.17. The van der Waals surface area contributed by atoms with E-state index in [0.29, 0.717) is 19.6 Å². The number of nitrogens with zero attached hydrogens (tertiary/aromatic N) is 1. The third kappa shape index (κ3) is 3.65. The molecule has 0 bridgehead atoms. The molecule has 0 saturated carbocycles. The van der Waals surface area contributed by atoms with Crippen LogP contribution in [0.3, 0.4) is 0 Å². The number of ether oxygens (including phenoxy) is 1. The van der Waals surface area contributed by atoms with E-state index in [0.717, 1.165) is 5.56 Å². The second-order valence-electron chi connectivity index (χ2n) is 5.03. The van der Waals surface area contributed by atoms with E-state index in [-0.39, 0.29) is 11.6 Å². The highest BCUT2D eigenvalue weighted by molar-refractivity contribution is 6.30. The Labute approximate surface area is 115 Å². The lowest BCUT2D eigenvalue weighted by Gasteiger charge is -2.47. The Balaban J connectivity index is 1.84. The molecule has 1 aliphatic heterocycles. The van der Waals surface area contributed by atoms with E-state index < -0.39 is 17.4 Å². The van der Waals surface area contributed by atoms with Crippen molar-refractivity contribution in [2.45, 2.75) is 19.1 Å². The Kier molecular flexibility index (Phi) is 4.08. The van der Waals surface area contributed by atoms with Gasteiger partial charge < -0.3 is 9.84 Å². The van der Waals surface area contributed by atoms with E-state index in [9.17, 15) is 9.18 Å². The summed E-state index contributed by atoms with van der Waals surface area (Å²) in [7, 11) is 0. The normalized spacial score (nSPS) is 18.1. The summed E-state index contributed by atoms with van der Waals surface area (Å²) in [5, 5.41) is 8.67. The average molecular weight is 288 g/mol. The molecule has 0 aromatic heterocycles. The standard InChI is InChI=1S/C13H15ClFNO3/c1-13(19-6-12(17)18)7-16(8-13)5-9-2-3-10(14)11(15)4-9/h2-4H,5-8H2,1H3,(H,17,18). The summed E-state index contributed by atoms with van der Waals surface area (Å²) >= 11 is 5.62. The van der Waals surface area contributed by atoms with Gasteiger partial charge in [-0.05, 0) is 24.6 Å². The molecule has 1 N–H and O–H groups in total. The molecule has 0 spiro atoms. The van der Waals surface area contributed by atoms with Crippen LogP contribution in [0, 0.1) is 5.82 Å². The number of likely N-dealkylation sites (tertiary alicyclic amines) is 1. The number of aliphatic carboxylic acids is 1. The Morgan fingerprint density at radius 2 is 2.26 bits per heavy atom. The molecule has 1 saturated heterocycles. The highest BCUT2D eigenvalue weighted by Gasteiger charge is 2.39. The van der Waals surface area contributed by atoms with Gasteiger partial charge in [-0.1, -0.05) is 17.7 Å². The molecule has 1 aliphatic rings. The smallest absolute Gasteiger partial charge is 0.329 e. The molecule has 2 rings (SSSR count). The van der Waals surface area contributed by atoms with Crippen LogP contribution in [0.25, 0.3) is 0 Å². The van der Waals surface area contributed by atoms with E-state index in [1.54, 1.807) is 6.07 Å². The minimum atomic E-state index is -0.973. The first-order chi connectivity index (χ1) is 8.88. The Morgan fingerprint density at radius 3 is 2.84 bits per heavy atom. The molecule has 0 amide bonds. The van der Waals surface area contributed by atoms with Crippen LogP contribution in [-0.2, 0) is 16.1 Å². The van der Waals surface area contributed by atoms with Crippen molar-refractivity contribution in [1.82, 2.24) is 4.90 Å². The molecule has 1 heterocycles. The van der Waals surface area contributed by atoms with Crippen LogP contribution in [0.5, 0.6) is 0 Å². The summed E-state index contributed by atoms with van der Waals surface area (Å²) in [5.41, 5.74) is 0.408.